The molecule has 1 unspecified atom stereocenters. The predicted molar refractivity (Wildman–Crippen MR) is 73.0 cm³/mol. The van der Waals surface area contributed by atoms with Crippen molar-refractivity contribution >= 4 is 5.82 Å². The molecule has 0 spiro atoms. The molecule has 1 heterocycles. The summed E-state index contributed by atoms with van der Waals surface area (Å²) in [5.41, 5.74) is -0.330. The van der Waals surface area contributed by atoms with Gasteiger partial charge in [0.25, 0.3) is 5.56 Å². The number of nitrogens with zero attached hydrogens (tertiary/aromatic N) is 2. The van der Waals surface area contributed by atoms with Gasteiger partial charge in [0.05, 0.1) is 6.61 Å². The van der Waals surface area contributed by atoms with Crippen molar-refractivity contribution in [2.24, 2.45) is 5.92 Å². The summed E-state index contributed by atoms with van der Waals surface area (Å²) < 4.78 is 6.74. The van der Waals surface area contributed by atoms with Crippen LogP contribution in [0.15, 0.2) is 17.2 Å². The third-order valence-electron chi connectivity index (χ3n) is 2.63. The van der Waals surface area contributed by atoms with Crippen molar-refractivity contribution in [1.29, 1.82) is 0 Å². The topological polar surface area (TPSA) is 56.1 Å². The quantitative estimate of drug-likeness (QED) is 0.867. The molecule has 1 N–H and O–H groups in total. The lowest BCUT2D eigenvalue weighted by Crippen LogP contribution is -2.35. The van der Waals surface area contributed by atoms with Gasteiger partial charge < -0.3 is 14.6 Å². The minimum Gasteiger partial charge on any atom is -0.384 e. The van der Waals surface area contributed by atoms with E-state index in [4.69, 9.17) is 4.74 Å². The van der Waals surface area contributed by atoms with Gasteiger partial charge in [-0.3, -0.25) is 4.79 Å². The molecule has 5 heteroatoms. The second kappa shape index (κ2) is 6.00. The molecule has 0 aromatic carbocycles. The van der Waals surface area contributed by atoms with Gasteiger partial charge in [0.15, 0.2) is 5.82 Å². The lowest BCUT2D eigenvalue weighted by Gasteiger charge is -2.22. The largest absolute Gasteiger partial charge is 0.384 e. The fourth-order valence-electron chi connectivity index (χ4n) is 1.68. The van der Waals surface area contributed by atoms with Crippen LogP contribution in [0.3, 0.4) is 0 Å². The van der Waals surface area contributed by atoms with Crippen molar-refractivity contribution in [3.63, 3.8) is 0 Å². The van der Waals surface area contributed by atoms with Crippen LogP contribution in [-0.4, -0.2) is 29.8 Å². The van der Waals surface area contributed by atoms with E-state index in [1.54, 1.807) is 24.1 Å². The number of nitrogens with one attached hydrogen (secondary N) is 1. The van der Waals surface area contributed by atoms with Crippen LogP contribution in [0.2, 0.25) is 0 Å². The predicted octanol–water partition coefficient (Wildman–Crippen LogP) is 1.69. The van der Waals surface area contributed by atoms with Crippen LogP contribution in [0.5, 0.6) is 0 Å². The van der Waals surface area contributed by atoms with Crippen LogP contribution < -0.4 is 10.9 Å². The third-order valence-corrected chi connectivity index (χ3v) is 2.63. The first-order chi connectivity index (χ1) is 8.36. The summed E-state index contributed by atoms with van der Waals surface area (Å²) in [6.45, 7) is 9.36. The standard InChI is InChI=1S/C13H23N3O2/c1-10(9-18-5)8-15-11-12(17)16(7-6-14-11)13(2,3)4/h6-7,10H,8-9H2,1-5H3,(H,14,15). The van der Waals surface area contributed by atoms with Crippen molar-refractivity contribution in [3.8, 4) is 0 Å². The van der Waals surface area contributed by atoms with Gasteiger partial charge in [-0.15, -0.1) is 0 Å². The van der Waals surface area contributed by atoms with Crippen LogP contribution in [0, 0.1) is 5.92 Å². The first-order valence-electron chi connectivity index (χ1n) is 6.17. The maximum atomic E-state index is 12.2. The highest BCUT2D eigenvalue weighted by Gasteiger charge is 2.16. The smallest absolute Gasteiger partial charge is 0.293 e. The highest BCUT2D eigenvalue weighted by molar-refractivity contribution is 5.31. The summed E-state index contributed by atoms with van der Waals surface area (Å²) in [7, 11) is 1.67. The number of ether oxygens (including phenoxy) is 1. The molecule has 0 amide bonds. The normalized spacial score (nSPS) is 13.4. The second-order valence-electron chi connectivity index (χ2n) is 5.56. The van der Waals surface area contributed by atoms with E-state index >= 15 is 0 Å². The zero-order valence-electron chi connectivity index (χ0n) is 11.9. The molecule has 0 aliphatic heterocycles. The summed E-state index contributed by atoms with van der Waals surface area (Å²) in [4.78, 5) is 16.3. The van der Waals surface area contributed by atoms with Gasteiger partial charge in [0.1, 0.15) is 0 Å². The van der Waals surface area contributed by atoms with Crippen LogP contribution in [-0.2, 0) is 10.3 Å². The molecule has 0 saturated heterocycles. The molecular formula is C13H23N3O2. The van der Waals surface area contributed by atoms with Crippen molar-refractivity contribution in [2.45, 2.75) is 33.2 Å². The molecule has 18 heavy (non-hydrogen) atoms. The molecule has 0 saturated carbocycles. The van der Waals surface area contributed by atoms with Crippen molar-refractivity contribution in [3.05, 3.63) is 22.7 Å². The summed E-state index contributed by atoms with van der Waals surface area (Å²) >= 11 is 0. The number of hydrogen-bond acceptors (Lipinski definition) is 4. The van der Waals surface area contributed by atoms with Crippen molar-refractivity contribution in [2.75, 3.05) is 25.6 Å². The molecule has 0 aliphatic rings. The maximum absolute atomic E-state index is 12.2. The van der Waals surface area contributed by atoms with Crippen LogP contribution in [0.4, 0.5) is 5.82 Å². The molecule has 0 bridgehead atoms. The fourth-order valence-corrected chi connectivity index (χ4v) is 1.68. The van der Waals surface area contributed by atoms with Crippen LogP contribution >= 0.6 is 0 Å². The van der Waals surface area contributed by atoms with Crippen LogP contribution in [0.1, 0.15) is 27.7 Å². The number of aromatic nitrogens is 2. The Morgan fingerprint density at radius 1 is 1.50 bits per heavy atom. The number of anilines is 1. The molecule has 0 aliphatic carbocycles. The number of methoxy groups -OCH3 is 1. The van der Waals surface area contributed by atoms with Gasteiger partial charge in [-0.25, -0.2) is 4.98 Å². The molecule has 0 fully saturated rings. The summed E-state index contributed by atoms with van der Waals surface area (Å²) in [6, 6.07) is 0. The molecule has 5 nitrogen and oxygen atoms in total. The first-order valence-corrected chi connectivity index (χ1v) is 6.17. The SMILES string of the molecule is COCC(C)CNc1nccn(C(C)(C)C)c1=O. The zero-order chi connectivity index (χ0) is 13.8. The lowest BCUT2D eigenvalue weighted by molar-refractivity contribution is 0.164. The highest BCUT2D eigenvalue weighted by Crippen LogP contribution is 2.10. The maximum Gasteiger partial charge on any atom is 0.293 e. The van der Waals surface area contributed by atoms with Gasteiger partial charge in [-0.05, 0) is 26.7 Å². The second-order valence-corrected chi connectivity index (χ2v) is 5.56. The Labute approximate surface area is 108 Å². The van der Waals surface area contributed by atoms with E-state index in [9.17, 15) is 4.79 Å². The third kappa shape index (κ3) is 3.84. The summed E-state index contributed by atoms with van der Waals surface area (Å²) in [5.74, 6) is 0.731. The molecule has 1 atom stereocenters. The van der Waals surface area contributed by atoms with Gasteiger partial charge in [-0.1, -0.05) is 6.92 Å². The van der Waals surface area contributed by atoms with E-state index < -0.39 is 0 Å². The Morgan fingerprint density at radius 2 is 2.17 bits per heavy atom. The van der Waals surface area contributed by atoms with Gasteiger partial charge in [0, 0.05) is 31.6 Å². The fraction of sp³-hybridized carbons (Fsp3) is 0.692. The Bertz CT molecular complexity index is 435. The minimum absolute atomic E-state index is 0.0883. The lowest BCUT2D eigenvalue weighted by atomic mass is 10.1. The molecule has 1 aromatic heterocycles. The van der Waals surface area contributed by atoms with Gasteiger partial charge in [0.2, 0.25) is 0 Å². The average molecular weight is 253 g/mol. The van der Waals surface area contributed by atoms with Gasteiger partial charge >= 0.3 is 0 Å². The Hall–Kier alpha value is -1.36. The van der Waals surface area contributed by atoms with E-state index in [0.717, 1.165) is 0 Å². The van der Waals surface area contributed by atoms with Gasteiger partial charge in [-0.2, -0.15) is 0 Å². The van der Waals surface area contributed by atoms with E-state index in [2.05, 4.69) is 17.2 Å². The Kier molecular flexibility index (Phi) is 4.90. The first kappa shape index (κ1) is 14.7. The summed E-state index contributed by atoms with van der Waals surface area (Å²) in [5, 5.41) is 3.09. The minimum atomic E-state index is -0.241. The Morgan fingerprint density at radius 3 is 2.72 bits per heavy atom. The van der Waals surface area contributed by atoms with E-state index in [1.165, 1.54) is 0 Å². The van der Waals surface area contributed by atoms with Crippen LogP contribution in [0.25, 0.3) is 0 Å². The highest BCUT2D eigenvalue weighted by atomic mass is 16.5. The van der Waals surface area contributed by atoms with E-state index in [-0.39, 0.29) is 11.1 Å². The van der Waals surface area contributed by atoms with E-state index in [1.807, 2.05) is 20.8 Å². The average Bonchev–Trinajstić information content (AvgIpc) is 2.26. The summed E-state index contributed by atoms with van der Waals surface area (Å²) in [6.07, 6.45) is 3.36. The molecule has 0 radical (unpaired) electrons. The Balaban J connectivity index is 2.82. The molecule has 1 rings (SSSR count). The van der Waals surface area contributed by atoms with Crippen molar-refractivity contribution < 1.29 is 4.74 Å². The molecular weight excluding hydrogens is 230 g/mol. The monoisotopic (exact) mass is 253 g/mol. The molecule has 1 aromatic rings. The molecule has 102 valence electrons. The number of hydrogen-bond donors (Lipinski definition) is 1. The zero-order valence-corrected chi connectivity index (χ0v) is 11.9. The number of rotatable bonds is 5. The van der Waals surface area contributed by atoms with E-state index in [0.29, 0.717) is 24.9 Å². The van der Waals surface area contributed by atoms with Crippen molar-refractivity contribution in [1.82, 2.24) is 9.55 Å².